The lowest BCUT2D eigenvalue weighted by Gasteiger charge is -2.39. The Morgan fingerprint density at radius 3 is 2.67 bits per heavy atom. The molecule has 5 heteroatoms. The van der Waals surface area contributed by atoms with Crippen molar-refractivity contribution in [1.82, 2.24) is 4.90 Å². The lowest BCUT2D eigenvalue weighted by atomic mass is 9.76. The van der Waals surface area contributed by atoms with Gasteiger partial charge < -0.3 is 15.7 Å². The molecule has 5 nitrogen and oxygen atoms in total. The van der Waals surface area contributed by atoms with Gasteiger partial charge in [-0.15, -0.1) is 0 Å². The molecular weight excluding hydrogens is 232 g/mol. The lowest BCUT2D eigenvalue weighted by molar-refractivity contribution is -0.151. The van der Waals surface area contributed by atoms with Gasteiger partial charge >= 0.3 is 5.97 Å². The molecular formula is C13H22N2O3. The van der Waals surface area contributed by atoms with Crippen LogP contribution in [-0.4, -0.2) is 40.0 Å². The molecule has 1 saturated heterocycles. The van der Waals surface area contributed by atoms with Crippen LogP contribution in [0.2, 0.25) is 0 Å². The zero-order valence-corrected chi connectivity index (χ0v) is 10.9. The van der Waals surface area contributed by atoms with Gasteiger partial charge in [0.05, 0.1) is 5.54 Å². The minimum absolute atomic E-state index is 0.154. The van der Waals surface area contributed by atoms with E-state index < -0.39 is 17.6 Å². The van der Waals surface area contributed by atoms with Gasteiger partial charge in [-0.25, -0.2) is 4.79 Å². The number of likely N-dealkylation sites (tertiary alicyclic amines) is 1. The summed E-state index contributed by atoms with van der Waals surface area (Å²) in [7, 11) is 0. The number of carbonyl (C=O) groups excluding carboxylic acids is 1. The second kappa shape index (κ2) is 4.88. The maximum absolute atomic E-state index is 12.5. The molecule has 0 aromatic carbocycles. The normalized spacial score (nSPS) is 36.7. The summed E-state index contributed by atoms with van der Waals surface area (Å²) in [5.41, 5.74) is 5.41. The quantitative estimate of drug-likeness (QED) is 0.769. The zero-order chi connectivity index (χ0) is 13.3. The Morgan fingerprint density at radius 1 is 1.33 bits per heavy atom. The third-order valence-corrected chi connectivity index (χ3v) is 4.26. The standard InChI is InChI=1S/C13H22N2O3/c1-9-4-2-6-13(14,8-9)12(18)15-7-3-5-10(15)11(16)17/h9-10H,2-8,14H2,1H3,(H,16,17). The molecule has 0 radical (unpaired) electrons. The number of nitrogens with two attached hydrogens (primary N) is 1. The highest BCUT2D eigenvalue weighted by Crippen LogP contribution is 2.33. The Morgan fingerprint density at radius 2 is 2.06 bits per heavy atom. The molecule has 2 aliphatic rings. The average Bonchev–Trinajstić information content (AvgIpc) is 2.76. The van der Waals surface area contributed by atoms with Gasteiger partial charge in [0.2, 0.25) is 5.91 Å². The van der Waals surface area contributed by atoms with Gasteiger partial charge in [0.25, 0.3) is 0 Å². The van der Waals surface area contributed by atoms with Gasteiger partial charge in [0.1, 0.15) is 6.04 Å². The predicted octanol–water partition coefficient (Wildman–Crippen LogP) is 0.970. The maximum atomic E-state index is 12.5. The fraction of sp³-hybridized carbons (Fsp3) is 0.846. The number of nitrogens with zero attached hydrogens (tertiary/aromatic N) is 1. The van der Waals surface area contributed by atoms with Crippen molar-refractivity contribution >= 4 is 11.9 Å². The van der Waals surface area contributed by atoms with Crippen molar-refractivity contribution in [2.75, 3.05) is 6.54 Å². The van der Waals surface area contributed by atoms with Gasteiger partial charge in [0, 0.05) is 6.54 Å². The van der Waals surface area contributed by atoms with E-state index in [-0.39, 0.29) is 5.91 Å². The number of carbonyl (C=O) groups is 2. The molecule has 0 bridgehead atoms. The van der Waals surface area contributed by atoms with Crippen molar-refractivity contribution < 1.29 is 14.7 Å². The number of aliphatic carboxylic acids is 1. The first-order valence-electron chi connectivity index (χ1n) is 6.77. The van der Waals surface area contributed by atoms with Crippen LogP contribution in [0.15, 0.2) is 0 Å². The van der Waals surface area contributed by atoms with E-state index in [4.69, 9.17) is 10.8 Å². The van der Waals surface area contributed by atoms with E-state index in [2.05, 4.69) is 6.92 Å². The van der Waals surface area contributed by atoms with Crippen LogP contribution in [0.1, 0.15) is 45.4 Å². The Balaban J connectivity index is 2.12. The van der Waals surface area contributed by atoms with Crippen molar-refractivity contribution in [3.05, 3.63) is 0 Å². The van der Waals surface area contributed by atoms with Crippen LogP contribution in [0, 0.1) is 5.92 Å². The number of hydrogen-bond acceptors (Lipinski definition) is 3. The Hall–Kier alpha value is -1.10. The van der Waals surface area contributed by atoms with Crippen LogP contribution < -0.4 is 5.73 Å². The molecule has 102 valence electrons. The third kappa shape index (κ3) is 2.36. The highest BCUT2D eigenvalue weighted by atomic mass is 16.4. The third-order valence-electron chi connectivity index (χ3n) is 4.26. The molecule has 1 aliphatic heterocycles. The summed E-state index contributed by atoms with van der Waals surface area (Å²) in [6.45, 7) is 2.63. The molecule has 1 aliphatic carbocycles. The average molecular weight is 254 g/mol. The summed E-state index contributed by atoms with van der Waals surface area (Å²) < 4.78 is 0. The summed E-state index contributed by atoms with van der Waals surface area (Å²) in [6, 6.07) is -0.671. The maximum Gasteiger partial charge on any atom is 0.326 e. The number of hydrogen-bond donors (Lipinski definition) is 2. The van der Waals surface area contributed by atoms with Gasteiger partial charge in [0.15, 0.2) is 0 Å². The Kier molecular flexibility index (Phi) is 3.61. The topological polar surface area (TPSA) is 83.6 Å². The van der Waals surface area contributed by atoms with Crippen LogP contribution in [0.4, 0.5) is 0 Å². The van der Waals surface area contributed by atoms with E-state index in [9.17, 15) is 9.59 Å². The molecule has 0 aromatic heterocycles. The summed E-state index contributed by atoms with van der Waals surface area (Å²) in [4.78, 5) is 25.1. The minimum atomic E-state index is -0.909. The first-order valence-corrected chi connectivity index (χ1v) is 6.77. The molecule has 18 heavy (non-hydrogen) atoms. The van der Waals surface area contributed by atoms with Crippen LogP contribution in [-0.2, 0) is 9.59 Å². The van der Waals surface area contributed by atoms with Crippen molar-refractivity contribution in [1.29, 1.82) is 0 Å². The summed E-state index contributed by atoms with van der Waals surface area (Å²) >= 11 is 0. The highest BCUT2D eigenvalue weighted by Gasteiger charge is 2.45. The van der Waals surface area contributed by atoms with Gasteiger partial charge in [-0.2, -0.15) is 0 Å². The van der Waals surface area contributed by atoms with Gasteiger partial charge in [-0.05, 0) is 31.6 Å². The first-order chi connectivity index (χ1) is 8.44. The van der Waals surface area contributed by atoms with E-state index in [1.54, 1.807) is 0 Å². The molecule has 1 saturated carbocycles. The Labute approximate surface area is 107 Å². The van der Waals surface area contributed by atoms with Crippen molar-refractivity contribution in [3.63, 3.8) is 0 Å². The SMILES string of the molecule is CC1CCCC(N)(C(=O)N2CCCC2C(=O)O)C1. The van der Waals surface area contributed by atoms with E-state index in [0.29, 0.717) is 31.7 Å². The first kappa shape index (κ1) is 13.3. The molecule has 3 atom stereocenters. The second-order valence-corrected chi connectivity index (χ2v) is 5.85. The summed E-state index contributed by atoms with van der Waals surface area (Å²) in [6.07, 6.45) is 4.72. The molecule has 2 rings (SSSR count). The van der Waals surface area contributed by atoms with Crippen LogP contribution in [0.3, 0.4) is 0 Å². The predicted molar refractivity (Wildman–Crippen MR) is 66.9 cm³/mol. The number of carboxylic acid groups (broad SMARTS) is 1. The van der Waals surface area contributed by atoms with E-state index in [0.717, 1.165) is 19.3 Å². The van der Waals surface area contributed by atoms with Gasteiger partial charge in [-0.3, -0.25) is 4.79 Å². The van der Waals surface area contributed by atoms with E-state index >= 15 is 0 Å². The number of rotatable bonds is 2. The molecule has 2 fully saturated rings. The smallest absolute Gasteiger partial charge is 0.326 e. The minimum Gasteiger partial charge on any atom is -0.480 e. The van der Waals surface area contributed by atoms with Gasteiger partial charge in [-0.1, -0.05) is 19.8 Å². The zero-order valence-electron chi connectivity index (χ0n) is 10.9. The van der Waals surface area contributed by atoms with Crippen LogP contribution >= 0.6 is 0 Å². The van der Waals surface area contributed by atoms with Crippen LogP contribution in [0.5, 0.6) is 0 Å². The van der Waals surface area contributed by atoms with E-state index in [1.807, 2.05) is 0 Å². The van der Waals surface area contributed by atoms with Crippen LogP contribution in [0.25, 0.3) is 0 Å². The fourth-order valence-electron chi connectivity index (χ4n) is 3.34. The van der Waals surface area contributed by atoms with E-state index in [1.165, 1.54) is 4.90 Å². The van der Waals surface area contributed by atoms with Crippen molar-refractivity contribution in [2.24, 2.45) is 11.7 Å². The largest absolute Gasteiger partial charge is 0.480 e. The molecule has 3 N–H and O–H groups in total. The molecule has 0 aromatic rings. The Bertz CT molecular complexity index is 358. The summed E-state index contributed by atoms with van der Waals surface area (Å²) in [5.74, 6) is -0.620. The summed E-state index contributed by atoms with van der Waals surface area (Å²) in [5, 5.41) is 9.13. The lowest BCUT2D eigenvalue weighted by Crippen LogP contribution is -2.59. The molecule has 0 spiro atoms. The molecule has 3 unspecified atom stereocenters. The van der Waals surface area contributed by atoms with Crippen molar-refractivity contribution in [3.8, 4) is 0 Å². The second-order valence-electron chi connectivity index (χ2n) is 5.85. The fourth-order valence-corrected chi connectivity index (χ4v) is 3.34. The number of amides is 1. The molecule has 1 amide bonds. The number of carboxylic acids is 1. The molecule has 1 heterocycles. The van der Waals surface area contributed by atoms with Crippen molar-refractivity contribution in [2.45, 2.75) is 57.0 Å². The monoisotopic (exact) mass is 254 g/mol. The highest BCUT2D eigenvalue weighted by molar-refractivity contribution is 5.90.